The first-order chi connectivity index (χ1) is 4.95. The van der Waals surface area contributed by atoms with Gasteiger partial charge in [-0.05, 0) is 6.42 Å². The van der Waals surface area contributed by atoms with Gasteiger partial charge in [-0.2, -0.15) is 8.42 Å². The van der Waals surface area contributed by atoms with Crippen LogP contribution in [0.25, 0.3) is 0 Å². The molecule has 74 valence electrons. The highest BCUT2D eigenvalue weighted by molar-refractivity contribution is 7.85. The molecule has 0 fully saturated rings. The molecule has 0 amide bonds. The molecule has 0 heterocycles. The van der Waals surface area contributed by atoms with Gasteiger partial charge in [0.2, 0.25) is 5.94 Å². The molecular formula is C5H13NO5S. The molecule has 0 aromatic carbocycles. The molecule has 0 rings (SSSR count). The second kappa shape index (κ2) is 5.92. The number of esters is 1. The largest absolute Gasteiger partial charge is 0.447 e. The van der Waals surface area contributed by atoms with Crippen molar-refractivity contribution in [3.8, 4) is 0 Å². The van der Waals surface area contributed by atoms with E-state index in [0.29, 0.717) is 6.42 Å². The molecule has 0 aliphatic heterocycles. The van der Waals surface area contributed by atoms with Gasteiger partial charge < -0.3 is 10.9 Å². The normalized spacial score (nSPS) is 10.2. The van der Waals surface area contributed by atoms with Gasteiger partial charge in [0.25, 0.3) is 0 Å². The van der Waals surface area contributed by atoms with Crippen LogP contribution in [0.2, 0.25) is 0 Å². The average molecular weight is 199 g/mol. The van der Waals surface area contributed by atoms with Crippen molar-refractivity contribution >= 4 is 16.1 Å². The Morgan fingerprint density at radius 2 is 2.00 bits per heavy atom. The van der Waals surface area contributed by atoms with Crippen molar-refractivity contribution < 1.29 is 22.5 Å². The molecule has 12 heavy (non-hydrogen) atoms. The quantitative estimate of drug-likeness (QED) is 0.498. The summed E-state index contributed by atoms with van der Waals surface area (Å²) >= 11 is 0. The predicted molar refractivity (Wildman–Crippen MR) is 42.4 cm³/mol. The summed E-state index contributed by atoms with van der Waals surface area (Å²) in [5, 5.41) is 0. The Balaban J connectivity index is 0. The van der Waals surface area contributed by atoms with E-state index in [1.54, 1.807) is 6.92 Å². The van der Waals surface area contributed by atoms with Crippen LogP contribution in [0.3, 0.4) is 0 Å². The van der Waals surface area contributed by atoms with Gasteiger partial charge in [-0.25, -0.2) is 0 Å². The molecule has 0 saturated carbocycles. The summed E-state index contributed by atoms with van der Waals surface area (Å²) in [4.78, 5) is 10.5. The average Bonchev–Trinajstić information content (AvgIpc) is 1.83. The summed E-state index contributed by atoms with van der Waals surface area (Å²) < 4.78 is 32.3. The summed E-state index contributed by atoms with van der Waals surface area (Å²) in [7, 11) is -4.18. The fraction of sp³-hybridized carbons (Fsp3) is 0.800. The van der Waals surface area contributed by atoms with E-state index in [-0.39, 0.29) is 12.6 Å². The summed E-state index contributed by atoms with van der Waals surface area (Å²) in [6, 6.07) is 0. The van der Waals surface area contributed by atoms with Gasteiger partial charge in [-0.15, -0.1) is 0 Å². The monoisotopic (exact) mass is 199 g/mol. The summed E-state index contributed by atoms with van der Waals surface area (Å²) in [5.41, 5.74) is 0. The minimum absolute atomic E-state index is 0. The van der Waals surface area contributed by atoms with Gasteiger partial charge in [0.05, 0.1) is 0 Å². The summed E-state index contributed by atoms with van der Waals surface area (Å²) in [5.74, 6) is -1.57. The van der Waals surface area contributed by atoms with E-state index < -0.39 is 22.0 Å². The molecule has 0 bridgehead atoms. The SMILES string of the molecule is CCCC(=O)OCS(=O)(=O)O.N. The molecule has 0 aliphatic rings. The van der Waals surface area contributed by atoms with Crippen LogP contribution in [0.15, 0.2) is 0 Å². The van der Waals surface area contributed by atoms with E-state index >= 15 is 0 Å². The number of hydrogen-bond donors (Lipinski definition) is 2. The Morgan fingerprint density at radius 1 is 1.50 bits per heavy atom. The standard InChI is InChI=1S/C5H10O5S.H3N/c1-2-3-5(6)10-4-11(7,8)9;/h2-4H2,1H3,(H,7,8,9);1H3. The topological polar surface area (TPSA) is 116 Å². The predicted octanol–water partition coefficient (Wildman–Crippen LogP) is 0.337. The Labute approximate surface area is 71.2 Å². The number of carbonyl (C=O) groups is 1. The lowest BCUT2D eigenvalue weighted by molar-refractivity contribution is -0.141. The van der Waals surface area contributed by atoms with Crippen molar-refractivity contribution in [3.63, 3.8) is 0 Å². The Bertz CT molecular complexity index is 222. The number of hydrogen-bond acceptors (Lipinski definition) is 5. The van der Waals surface area contributed by atoms with Crippen molar-refractivity contribution in [2.45, 2.75) is 19.8 Å². The summed E-state index contributed by atoms with van der Waals surface area (Å²) in [6.07, 6.45) is 0.750. The van der Waals surface area contributed by atoms with E-state index in [1.165, 1.54) is 0 Å². The first kappa shape index (κ1) is 13.9. The van der Waals surface area contributed by atoms with E-state index in [1.807, 2.05) is 0 Å². The first-order valence-electron chi connectivity index (χ1n) is 3.06. The third kappa shape index (κ3) is 9.34. The van der Waals surface area contributed by atoms with E-state index in [2.05, 4.69) is 4.74 Å². The lowest BCUT2D eigenvalue weighted by Crippen LogP contribution is -2.12. The Kier molecular flexibility index (Phi) is 6.86. The summed E-state index contributed by atoms with van der Waals surface area (Å²) in [6.45, 7) is 1.76. The van der Waals surface area contributed by atoms with Crippen LogP contribution in [0, 0.1) is 0 Å². The molecule has 0 aromatic rings. The van der Waals surface area contributed by atoms with Gasteiger partial charge in [-0.1, -0.05) is 6.92 Å². The van der Waals surface area contributed by atoms with Crippen molar-refractivity contribution in [3.05, 3.63) is 0 Å². The Morgan fingerprint density at radius 3 is 2.33 bits per heavy atom. The zero-order valence-corrected chi connectivity index (χ0v) is 7.63. The second-order valence-corrected chi connectivity index (χ2v) is 3.37. The number of carbonyl (C=O) groups excluding carboxylic acids is 1. The van der Waals surface area contributed by atoms with Crippen LogP contribution in [-0.4, -0.2) is 24.9 Å². The lowest BCUT2D eigenvalue weighted by Gasteiger charge is -1.99. The Hall–Kier alpha value is -0.660. The third-order valence-corrected chi connectivity index (χ3v) is 1.24. The van der Waals surface area contributed by atoms with Crippen LogP contribution in [0.1, 0.15) is 19.8 Å². The zero-order valence-electron chi connectivity index (χ0n) is 6.82. The van der Waals surface area contributed by atoms with E-state index in [4.69, 9.17) is 4.55 Å². The highest BCUT2D eigenvalue weighted by Crippen LogP contribution is 1.92. The van der Waals surface area contributed by atoms with Crippen molar-refractivity contribution in [1.82, 2.24) is 6.15 Å². The van der Waals surface area contributed by atoms with Crippen LogP contribution < -0.4 is 6.15 Å². The zero-order chi connectivity index (χ0) is 8.91. The molecule has 6 nitrogen and oxygen atoms in total. The molecule has 0 aromatic heterocycles. The maximum absolute atomic E-state index is 10.5. The molecular weight excluding hydrogens is 186 g/mol. The van der Waals surface area contributed by atoms with Crippen LogP contribution in [0.4, 0.5) is 0 Å². The molecule has 0 aliphatic carbocycles. The molecule has 7 heteroatoms. The third-order valence-electron chi connectivity index (χ3n) is 0.823. The van der Waals surface area contributed by atoms with Crippen LogP contribution >= 0.6 is 0 Å². The van der Waals surface area contributed by atoms with Crippen molar-refractivity contribution in [1.29, 1.82) is 0 Å². The van der Waals surface area contributed by atoms with Crippen LogP contribution in [0.5, 0.6) is 0 Å². The van der Waals surface area contributed by atoms with E-state index in [9.17, 15) is 13.2 Å². The fourth-order valence-electron chi connectivity index (χ4n) is 0.416. The molecule has 0 unspecified atom stereocenters. The van der Waals surface area contributed by atoms with Gasteiger partial charge >= 0.3 is 16.1 Å². The minimum Gasteiger partial charge on any atom is -0.447 e. The highest BCUT2D eigenvalue weighted by Gasteiger charge is 2.08. The van der Waals surface area contributed by atoms with E-state index in [0.717, 1.165) is 0 Å². The minimum atomic E-state index is -4.18. The fourth-order valence-corrected chi connectivity index (χ4v) is 0.697. The van der Waals surface area contributed by atoms with Crippen molar-refractivity contribution in [2.75, 3.05) is 5.94 Å². The van der Waals surface area contributed by atoms with Crippen LogP contribution in [-0.2, 0) is 19.6 Å². The number of rotatable bonds is 4. The van der Waals surface area contributed by atoms with Gasteiger partial charge in [-0.3, -0.25) is 9.35 Å². The molecule has 0 radical (unpaired) electrons. The highest BCUT2D eigenvalue weighted by atomic mass is 32.2. The molecule has 0 spiro atoms. The maximum Gasteiger partial charge on any atom is 0.306 e. The first-order valence-corrected chi connectivity index (χ1v) is 4.67. The second-order valence-electron chi connectivity index (χ2n) is 1.97. The molecule has 4 N–H and O–H groups in total. The van der Waals surface area contributed by atoms with Gasteiger partial charge in [0, 0.05) is 6.42 Å². The lowest BCUT2D eigenvalue weighted by atomic mass is 10.3. The smallest absolute Gasteiger partial charge is 0.306 e. The maximum atomic E-state index is 10.5. The molecule has 0 atom stereocenters. The van der Waals surface area contributed by atoms with Gasteiger partial charge in [0.1, 0.15) is 0 Å². The van der Waals surface area contributed by atoms with Crippen molar-refractivity contribution in [2.24, 2.45) is 0 Å². The molecule has 0 saturated heterocycles. The number of ether oxygens (including phenoxy) is 1. The van der Waals surface area contributed by atoms with Gasteiger partial charge in [0.15, 0.2) is 0 Å².